The van der Waals surface area contributed by atoms with Crippen molar-refractivity contribution in [3.8, 4) is 0 Å². The molecule has 136 valence electrons. The molecule has 3 aromatic rings. The molecule has 1 N–H and O–H groups in total. The molecular formula is C19H22ClN5O. The number of aromatic nitrogens is 4. The van der Waals surface area contributed by atoms with Gasteiger partial charge in [0.25, 0.3) is 0 Å². The van der Waals surface area contributed by atoms with Crippen molar-refractivity contribution in [2.24, 2.45) is 13.0 Å². The average Bonchev–Trinajstić information content (AvgIpc) is 3.31. The van der Waals surface area contributed by atoms with Gasteiger partial charge in [0.15, 0.2) is 0 Å². The molecule has 26 heavy (non-hydrogen) atoms. The van der Waals surface area contributed by atoms with Gasteiger partial charge in [0.2, 0.25) is 0 Å². The summed E-state index contributed by atoms with van der Waals surface area (Å²) in [6.07, 6.45) is 1.83. The van der Waals surface area contributed by atoms with E-state index in [1.54, 1.807) is 0 Å². The first-order chi connectivity index (χ1) is 12.6. The van der Waals surface area contributed by atoms with Crippen LogP contribution in [-0.2, 0) is 26.7 Å². The summed E-state index contributed by atoms with van der Waals surface area (Å²) in [7, 11) is 1.96. The van der Waals surface area contributed by atoms with Gasteiger partial charge in [0.1, 0.15) is 6.10 Å². The highest BCUT2D eigenvalue weighted by atomic mass is 35.5. The maximum absolute atomic E-state index is 10.3. The first kappa shape index (κ1) is 16.3. The lowest BCUT2D eigenvalue weighted by molar-refractivity contribution is 0.147. The van der Waals surface area contributed by atoms with Crippen molar-refractivity contribution >= 4 is 22.5 Å². The van der Waals surface area contributed by atoms with Gasteiger partial charge in [0, 0.05) is 32.1 Å². The SMILES string of the molecule is Cn1nc(CN2CCn3nc(C(O)C4CC4)cc3C2)c2c(Cl)cccc21. The summed E-state index contributed by atoms with van der Waals surface area (Å²) in [6.45, 7) is 3.32. The lowest BCUT2D eigenvalue weighted by Crippen LogP contribution is -2.33. The Morgan fingerprint density at radius 3 is 2.92 bits per heavy atom. The van der Waals surface area contributed by atoms with E-state index in [-0.39, 0.29) is 0 Å². The Morgan fingerprint density at radius 1 is 1.27 bits per heavy atom. The second-order valence-electron chi connectivity index (χ2n) is 7.48. The predicted molar refractivity (Wildman–Crippen MR) is 99.7 cm³/mol. The number of aliphatic hydroxyl groups is 1. The molecule has 5 rings (SSSR count). The first-order valence-corrected chi connectivity index (χ1v) is 9.55. The maximum atomic E-state index is 10.3. The van der Waals surface area contributed by atoms with Gasteiger partial charge in [-0.15, -0.1) is 0 Å². The molecule has 1 aliphatic heterocycles. The Morgan fingerprint density at radius 2 is 2.12 bits per heavy atom. The van der Waals surface area contributed by atoms with Crippen LogP contribution in [0.5, 0.6) is 0 Å². The molecule has 0 radical (unpaired) electrons. The maximum Gasteiger partial charge on any atom is 0.101 e. The van der Waals surface area contributed by atoms with Crippen LogP contribution in [0.15, 0.2) is 24.3 Å². The molecule has 1 unspecified atom stereocenters. The highest BCUT2D eigenvalue weighted by Gasteiger charge is 2.33. The van der Waals surface area contributed by atoms with Crippen LogP contribution in [0, 0.1) is 5.92 Å². The van der Waals surface area contributed by atoms with Gasteiger partial charge in [-0.1, -0.05) is 17.7 Å². The van der Waals surface area contributed by atoms with E-state index in [1.807, 2.05) is 28.5 Å². The standard InChI is InChI=1S/C19H22ClN5O/c1-23-17-4-2-3-14(20)18(17)16(21-23)11-24-7-8-25-13(10-24)9-15(22-25)19(26)12-5-6-12/h2-4,9,12,19,26H,5-8,10-11H2,1H3. The summed E-state index contributed by atoms with van der Waals surface area (Å²) >= 11 is 6.43. The van der Waals surface area contributed by atoms with Crippen LogP contribution in [0.25, 0.3) is 10.9 Å². The number of nitrogens with zero attached hydrogens (tertiary/aromatic N) is 5. The van der Waals surface area contributed by atoms with Gasteiger partial charge in [0.05, 0.1) is 34.2 Å². The van der Waals surface area contributed by atoms with Crippen LogP contribution in [-0.4, -0.2) is 36.1 Å². The molecule has 7 heteroatoms. The van der Waals surface area contributed by atoms with Crippen molar-refractivity contribution in [2.75, 3.05) is 6.54 Å². The van der Waals surface area contributed by atoms with Gasteiger partial charge < -0.3 is 5.11 Å². The Bertz CT molecular complexity index is 974. The summed E-state index contributed by atoms with van der Waals surface area (Å²) in [5.74, 6) is 0.407. The quantitative estimate of drug-likeness (QED) is 0.766. The number of hydrogen-bond acceptors (Lipinski definition) is 4. The van der Waals surface area contributed by atoms with Gasteiger partial charge in [-0.25, -0.2) is 0 Å². The number of halogens is 1. The third-order valence-corrected chi connectivity index (χ3v) is 5.86. The van der Waals surface area contributed by atoms with E-state index in [2.05, 4.69) is 22.1 Å². The molecule has 1 aliphatic carbocycles. The first-order valence-electron chi connectivity index (χ1n) is 9.17. The summed E-state index contributed by atoms with van der Waals surface area (Å²) in [5.41, 5.74) is 4.07. The van der Waals surface area contributed by atoms with Crippen LogP contribution in [0.1, 0.15) is 36.0 Å². The van der Waals surface area contributed by atoms with Gasteiger partial charge in [-0.2, -0.15) is 10.2 Å². The lowest BCUT2D eigenvalue weighted by atomic mass is 10.1. The van der Waals surface area contributed by atoms with Crippen molar-refractivity contribution in [1.29, 1.82) is 0 Å². The Labute approximate surface area is 157 Å². The largest absolute Gasteiger partial charge is 0.386 e. The van der Waals surface area contributed by atoms with Crippen molar-refractivity contribution in [1.82, 2.24) is 24.5 Å². The lowest BCUT2D eigenvalue weighted by Gasteiger charge is -2.26. The number of rotatable bonds is 4. The molecule has 0 saturated heterocycles. The van der Waals surface area contributed by atoms with E-state index < -0.39 is 6.10 Å². The van der Waals surface area contributed by atoms with Gasteiger partial charge in [-0.3, -0.25) is 14.3 Å². The minimum Gasteiger partial charge on any atom is -0.386 e. The highest BCUT2D eigenvalue weighted by Crippen LogP contribution is 2.40. The summed E-state index contributed by atoms with van der Waals surface area (Å²) in [5, 5.41) is 21.5. The molecule has 0 spiro atoms. The fraction of sp³-hybridized carbons (Fsp3) is 0.474. The molecule has 1 fully saturated rings. The molecule has 6 nitrogen and oxygen atoms in total. The molecule has 1 saturated carbocycles. The minimum absolute atomic E-state index is 0.403. The molecule has 2 aliphatic rings. The van der Waals surface area contributed by atoms with Crippen molar-refractivity contribution in [3.05, 3.63) is 46.4 Å². The van der Waals surface area contributed by atoms with E-state index >= 15 is 0 Å². The Kier molecular flexibility index (Phi) is 3.81. The zero-order valence-electron chi connectivity index (χ0n) is 14.8. The van der Waals surface area contributed by atoms with Crippen LogP contribution < -0.4 is 0 Å². The van der Waals surface area contributed by atoms with E-state index in [1.165, 1.54) is 0 Å². The van der Waals surface area contributed by atoms with Crippen LogP contribution in [0.3, 0.4) is 0 Å². The molecule has 2 aromatic heterocycles. The summed E-state index contributed by atoms with van der Waals surface area (Å²) < 4.78 is 3.94. The molecule has 1 atom stereocenters. The Balaban J connectivity index is 1.38. The number of aliphatic hydroxyl groups excluding tert-OH is 1. The fourth-order valence-electron chi connectivity index (χ4n) is 3.95. The molecule has 0 amide bonds. The monoisotopic (exact) mass is 371 g/mol. The predicted octanol–water partition coefficient (Wildman–Crippen LogP) is 2.88. The summed E-state index contributed by atoms with van der Waals surface area (Å²) in [6, 6.07) is 8.00. The normalized spacial score (nSPS) is 19.0. The van der Waals surface area contributed by atoms with Crippen LogP contribution in [0.2, 0.25) is 5.02 Å². The number of fused-ring (bicyclic) bond motifs is 2. The smallest absolute Gasteiger partial charge is 0.101 e. The number of aryl methyl sites for hydroxylation is 1. The molecule has 0 bridgehead atoms. The van der Waals surface area contributed by atoms with E-state index in [0.717, 1.165) is 72.0 Å². The fourth-order valence-corrected chi connectivity index (χ4v) is 4.23. The highest BCUT2D eigenvalue weighted by molar-refractivity contribution is 6.35. The molecule has 1 aromatic carbocycles. The summed E-state index contributed by atoms with van der Waals surface area (Å²) in [4.78, 5) is 2.37. The van der Waals surface area contributed by atoms with Crippen molar-refractivity contribution in [2.45, 2.75) is 38.6 Å². The van der Waals surface area contributed by atoms with E-state index in [0.29, 0.717) is 5.92 Å². The van der Waals surface area contributed by atoms with E-state index in [4.69, 9.17) is 16.7 Å². The third-order valence-electron chi connectivity index (χ3n) is 5.54. The minimum atomic E-state index is -0.403. The van der Waals surface area contributed by atoms with Gasteiger partial charge >= 0.3 is 0 Å². The van der Waals surface area contributed by atoms with Crippen molar-refractivity contribution in [3.63, 3.8) is 0 Å². The number of benzene rings is 1. The third kappa shape index (κ3) is 2.73. The average molecular weight is 372 g/mol. The second kappa shape index (κ2) is 6.08. The van der Waals surface area contributed by atoms with E-state index in [9.17, 15) is 5.11 Å². The Hall–Kier alpha value is -1.89. The number of hydrogen-bond donors (Lipinski definition) is 1. The molecule has 3 heterocycles. The van der Waals surface area contributed by atoms with Crippen LogP contribution in [0.4, 0.5) is 0 Å². The zero-order valence-corrected chi connectivity index (χ0v) is 15.5. The van der Waals surface area contributed by atoms with Gasteiger partial charge in [-0.05, 0) is 37.0 Å². The topological polar surface area (TPSA) is 59.1 Å². The second-order valence-corrected chi connectivity index (χ2v) is 7.89. The zero-order chi connectivity index (χ0) is 17.8. The molecular weight excluding hydrogens is 350 g/mol. The van der Waals surface area contributed by atoms with Crippen molar-refractivity contribution < 1.29 is 5.11 Å². The van der Waals surface area contributed by atoms with Crippen LogP contribution >= 0.6 is 11.6 Å².